The van der Waals surface area contributed by atoms with Crippen LogP contribution < -0.4 is 5.32 Å². The van der Waals surface area contributed by atoms with Crippen LogP contribution in [0.1, 0.15) is 42.4 Å². The number of halogens is 1. The minimum atomic E-state index is -3.51. The number of aliphatic hydroxyl groups is 1. The van der Waals surface area contributed by atoms with Crippen LogP contribution in [-0.4, -0.2) is 91.1 Å². The van der Waals surface area contributed by atoms with Crippen molar-refractivity contribution in [2.45, 2.75) is 63.2 Å². The summed E-state index contributed by atoms with van der Waals surface area (Å²) < 4.78 is 43.1. The molecule has 0 spiro atoms. The van der Waals surface area contributed by atoms with Crippen LogP contribution in [0.25, 0.3) is 11.1 Å². The summed E-state index contributed by atoms with van der Waals surface area (Å²) in [5.41, 5.74) is 4.72. The molecule has 202 valence electrons. The second kappa shape index (κ2) is 10.4. The van der Waals surface area contributed by atoms with Crippen molar-refractivity contribution in [3.05, 3.63) is 58.9 Å². The van der Waals surface area contributed by atoms with E-state index in [1.54, 1.807) is 11.2 Å². The number of nitrogens with one attached hydrogen (secondary N) is 1. The van der Waals surface area contributed by atoms with Crippen LogP contribution in [0.3, 0.4) is 0 Å². The molecule has 3 heterocycles. The SMILES string of the molecule is Cc1c(F)ccc(-c2ccc([C@H]3C4CN(S(=O)(=O)C5CNC(C)N5C)CCCCN4[C@@H]3CO)cc2)c1C. The van der Waals surface area contributed by atoms with E-state index in [4.69, 9.17) is 0 Å². The molecule has 7 nitrogen and oxygen atoms in total. The molecular weight excluding hydrogens is 491 g/mol. The van der Waals surface area contributed by atoms with Crippen molar-refractivity contribution >= 4 is 10.0 Å². The quantitative estimate of drug-likeness (QED) is 0.619. The number of fused-ring (bicyclic) bond motifs is 1. The zero-order valence-electron chi connectivity index (χ0n) is 22.2. The number of likely N-dealkylation sites (N-methyl/N-ethyl adjacent to an activating group) is 1. The third-order valence-corrected chi connectivity index (χ3v) is 11.3. The molecule has 0 saturated carbocycles. The molecule has 9 heteroatoms. The van der Waals surface area contributed by atoms with E-state index >= 15 is 0 Å². The summed E-state index contributed by atoms with van der Waals surface area (Å²) in [5.74, 6) is -0.153. The maximum Gasteiger partial charge on any atom is 0.231 e. The predicted molar refractivity (Wildman–Crippen MR) is 144 cm³/mol. The van der Waals surface area contributed by atoms with E-state index in [1.807, 2.05) is 31.9 Å². The Morgan fingerprint density at radius 2 is 1.76 bits per heavy atom. The average molecular weight is 531 g/mol. The van der Waals surface area contributed by atoms with Gasteiger partial charge in [-0.3, -0.25) is 15.1 Å². The first-order chi connectivity index (χ1) is 17.6. The van der Waals surface area contributed by atoms with Gasteiger partial charge in [-0.2, -0.15) is 4.31 Å². The Labute approximate surface area is 220 Å². The zero-order chi connectivity index (χ0) is 26.5. The molecule has 3 fully saturated rings. The molecule has 0 amide bonds. The van der Waals surface area contributed by atoms with Crippen molar-refractivity contribution in [1.29, 1.82) is 0 Å². The molecule has 2 aromatic carbocycles. The Morgan fingerprint density at radius 1 is 1.05 bits per heavy atom. The number of hydrogen-bond acceptors (Lipinski definition) is 6. The lowest BCUT2D eigenvalue weighted by Gasteiger charge is -2.57. The summed E-state index contributed by atoms with van der Waals surface area (Å²) in [6, 6.07) is 11.6. The smallest absolute Gasteiger partial charge is 0.231 e. The van der Waals surface area contributed by atoms with E-state index < -0.39 is 15.4 Å². The lowest BCUT2D eigenvalue weighted by molar-refractivity contribution is -0.0555. The van der Waals surface area contributed by atoms with Gasteiger partial charge in [-0.15, -0.1) is 0 Å². The molecule has 2 aromatic rings. The van der Waals surface area contributed by atoms with Crippen LogP contribution in [0.5, 0.6) is 0 Å². The van der Waals surface area contributed by atoms with Crippen LogP contribution in [0.4, 0.5) is 4.39 Å². The second-order valence-electron chi connectivity index (χ2n) is 10.9. The van der Waals surface area contributed by atoms with Gasteiger partial charge >= 0.3 is 0 Å². The predicted octanol–water partition coefficient (Wildman–Crippen LogP) is 2.87. The largest absolute Gasteiger partial charge is 0.395 e. The molecule has 3 aliphatic rings. The van der Waals surface area contributed by atoms with Gasteiger partial charge in [0.15, 0.2) is 0 Å². The minimum absolute atomic E-state index is 0.0185. The van der Waals surface area contributed by atoms with Gasteiger partial charge in [0.25, 0.3) is 0 Å². The molecule has 3 saturated heterocycles. The second-order valence-corrected chi connectivity index (χ2v) is 13.0. The molecule has 0 aliphatic carbocycles. The third kappa shape index (κ3) is 4.64. The first-order valence-corrected chi connectivity index (χ1v) is 14.8. The number of nitrogens with zero attached hydrogens (tertiary/aromatic N) is 3. The Hall–Kier alpha value is -1.88. The molecule has 3 unspecified atom stereocenters. The molecule has 37 heavy (non-hydrogen) atoms. The van der Waals surface area contributed by atoms with Crippen LogP contribution >= 0.6 is 0 Å². The van der Waals surface area contributed by atoms with Crippen molar-refractivity contribution in [2.24, 2.45) is 0 Å². The highest BCUT2D eigenvalue weighted by Crippen LogP contribution is 2.43. The Kier molecular flexibility index (Phi) is 7.48. The maximum absolute atomic E-state index is 14.0. The lowest BCUT2D eigenvalue weighted by Crippen LogP contribution is -2.68. The van der Waals surface area contributed by atoms with Crippen LogP contribution in [0.15, 0.2) is 36.4 Å². The number of sulfonamides is 1. The monoisotopic (exact) mass is 530 g/mol. The van der Waals surface area contributed by atoms with E-state index in [0.717, 1.165) is 41.6 Å². The summed E-state index contributed by atoms with van der Waals surface area (Å²) in [6.45, 7) is 8.02. The fraction of sp³-hybridized carbons (Fsp3) is 0.571. The maximum atomic E-state index is 14.0. The Bertz CT molecular complexity index is 1240. The molecule has 3 aliphatic heterocycles. The molecular formula is C28H39FN4O3S. The number of aliphatic hydroxyl groups excluding tert-OH is 1. The summed E-state index contributed by atoms with van der Waals surface area (Å²) >= 11 is 0. The highest BCUT2D eigenvalue weighted by atomic mass is 32.2. The normalized spacial score (nSPS) is 29.9. The third-order valence-electron chi connectivity index (χ3n) is 9.02. The Balaban J connectivity index is 1.41. The molecule has 0 radical (unpaired) electrons. The molecule has 2 N–H and O–H groups in total. The fourth-order valence-electron chi connectivity index (χ4n) is 6.42. The van der Waals surface area contributed by atoms with E-state index in [-0.39, 0.29) is 36.6 Å². The standard InChI is InChI=1S/C28H39FN4O3S/c1-18-19(2)24(29)12-11-23(18)21-7-9-22(10-8-21)28-25-16-32(13-5-6-14-33(25)26(28)17-34)37(35,36)27-15-30-20(3)31(27)4/h7-12,20,25-28,30,34H,5-6,13-17H2,1-4H3/t20?,25?,26-,27?,28+/m1/s1. The van der Waals surface area contributed by atoms with Crippen molar-refractivity contribution < 1.29 is 17.9 Å². The average Bonchev–Trinajstić information content (AvgIpc) is 3.20. The van der Waals surface area contributed by atoms with Crippen LogP contribution in [0, 0.1) is 19.7 Å². The summed E-state index contributed by atoms with van der Waals surface area (Å²) in [4.78, 5) is 4.20. The summed E-state index contributed by atoms with van der Waals surface area (Å²) in [6.07, 6.45) is 1.74. The summed E-state index contributed by atoms with van der Waals surface area (Å²) in [7, 11) is -1.65. The molecule has 5 atom stereocenters. The van der Waals surface area contributed by atoms with Gasteiger partial charge in [0.05, 0.1) is 12.8 Å². The van der Waals surface area contributed by atoms with Crippen LogP contribution in [0.2, 0.25) is 0 Å². The van der Waals surface area contributed by atoms with Crippen molar-refractivity contribution in [1.82, 2.24) is 19.4 Å². The van der Waals surface area contributed by atoms with Gasteiger partial charge in [-0.1, -0.05) is 30.3 Å². The van der Waals surface area contributed by atoms with Gasteiger partial charge in [-0.25, -0.2) is 12.8 Å². The first kappa shape index (κ1) is 26.7. The zero-order valence-corrected chi connectivity index (χ0v) is 23.0. The number of rotatable bonds is 5. The van der Waals surface area contributed by atoms with Crippen molar-refractivity contribution in [3.8, 4) is 11.1 Å². The topological polar surface area (TPSA) is 76.1 Å². The highest BCUT2D eigenvalue weighted by Gasteiger charge is 2.51. The van der Waals surface area contributed by atoms with Crippen LogP contribution in [-0.2, 0) is 10.0 Å². The van der Waals surface area contributed by atoms with Crippen molar-refractivity contribution in [2.75, 3.05) is 39.8 Å². The van der Waals surface area contributed by atoms with Crippen molar-refractivity contribution in [3.63, 3.8) is 0 Å². The minimum Gasteiger partial charge on any atom is -0.395 e. The van der Waals surface area contributed by atoms with Gasteiger partial charge in [0, 0.05) is 37.6 Å². The van der Waals surface area contributed by atoms with E-state index in [0.29, 0.717) is 25.2 Å². The summed E-state index contributed by atoms with van der Waals surface area (Å²) in [5, 5.41) is 13.0. The fourth-order valence-corrected chi connectivity index (χ4v) is 8.42. The number of hydrogen-bond donors (Lipinski definition) is 2. The van der Waals surface area contributed by atoms with E-state index in [9.17, 15) is 17.9 Å². The van der Waals surface area contributed by atoms with E-state index in [2.05, 4.69) is 34.5 Å². The van der Waals surface area contributed by atoms with Gasteiger partial charge in [0.1, 0.15) is 11.2 Å². The molecule has 0 aromatic heterocycles. The highest BCUT2D eigenvalue weighted by molar-refractivity contribution is 7.89. The van der Waals surface area contributed by atoms with Gasteiger partial charge < -0.3 is 5.11 Å². The van der Waals surface area contributed by atoms with Gasteiger partial charge in [0.2, 0.25) is 10.0 Å². The Morgan fingerprint density at radius 3 is 2.41 bits per heavy atom. The van der Waals surface area contributed by atoms with Gasteiger partial charge in [-0.05, 0) is 81.1 Å². The lowest BCUT2D eigenvalue weighted by atomic mass is 9.74. The molecule has 5 rings (SSSR count). The number of benzene rings is 2. The first-order valence-electron chi connectivity index (χ1n) is 13.3. The van der Waals surface area contributed by atoms with E-state index in [1.165, 1.54) is 6.07 Å². The molecule has 0 bridgehead atoms.